The van der Waals surface area contributed by atoms with Crippen LogP contribution in [0.5, 0.6) is 5.75 Å². The molecule has 0 unspecified atom stereocenters. The molecule has 4 heteroatoms. The van der Waals surface area contributed by atoms with Crippen LogP contribution in [-0.4, -0.2) is 15.6 Å². The maximum absolute atomic E-state index is 12.1. The highest BCUT2D eigenvalue weighted by molar-refractivity contribution is 6.06. The number of ether oxygens (including phenoxy) is 1. The van der Waals surface area contributed by atoms with Crippen molar-refractivity contribution >= 4 is 11.9 Å². The molecule has 0 bridgehead atoms. The number of ketones is 1. The summed E-state index contributed by atoms with van der Waals surface area (Å²) in [6, 6.07) is 16.0. The van der Waals surface area contributed by atoms with Crippen molar-refractivity contribution in [2.24, 2.45) is 0 Å². The van der Waals surface area contributed by atoms with Crippen molar-refractivity contribution in [3.8, 4) is 5.75 Å². The Morgan fingerprint density at radius 1 is 1.12 bits per heavy atom. The molecule has 0 saturated carbocycles. The average Bonchev–Trinajstić information content (AvgIpc) is 3.16. The second-order valence-electron chi connectivity index (χ2n) is 6.13. The Labute approximate surface area is 153 Å². The van der Waals surface area contributed by atoms with Crippen LogP contribution >= 0.6 is 0 Å². The van der Waals surface area contributed by atoms with Crippen LogP contribution in [0.25, 0.3) is 6.08 Å². The van der Waals surface area contributed by atoms with Crippen LogP contribution in [0.4, 0.5) is 0 Å². The van der Waals surface area contributed by atoms with E-state index in [1.165, 1.54) is 5.56 Å². The number of allylic oxidation sites excluding steroid dienone is 1. The van der Waals surface area contributed by atoms with Crippen LogP contribution in [0.2, 0.25) is 0 Å². The molecule has 0 atom stereocenters. The second kappa shape index (κ2) is 8.30. The monoisotopic (exact) mass is 346 g/mol. The fraction of sp³-hybridized carbons (Fsp3) is 0.182. The lowest BCUT2D eigenvalue weighted by molar-refractivity contribution is 0.104. The van der Waals surface area contributed by atoms with Gasteiger partial charge in [-0.3, -0.25) is 9.48 Å². The van der Waals surface area contributed by atoms with Crippen molar-refractivity contribution in [3.05, 3.63) is 89.3 Å². The Hall–Kier alpha value is -3.14. The van der Waals surface area contributed by atoms with Gasteiger partial charge in [-0.05, 0) is 43.2 Å². The first-order valence-electron chi connectivity index (χ1n) is 8.67. The third-order valence-electron chi connectivity index (χ3n) is 4.08. The topological polar surface area (TPSA) is 44.1 Å². The zero-order chi connectivity index (χ0) is 18.4. The maximum atomic E-state index is 12.1. The molecular weight excluding hydrogens is 324 g/mol. The number of aryl methyl sites for hydroxylation is 2. The van der Waals surface area contributed by atoms with Crippen molar-refractivity contribution < 1.29 is 9.53 Å². The number of nitrogens with zero attached hydrogens (tertiary/aromatic N) is 2. The maximum Gasteiger partial charge on any atom is 0.189 e. The Kier molecular flexibility index (Phi) is 5.64. The van der Waals surface area contributed by atoms with Crippen molar-refractivity contribution in [2.45, 2.75) is 27.0 Å². The number of hydrogen-bond donors (Lipinski definition) is 0. The van der Waals surface area contributed by atoms with Gasteiger partial charge in [-0.2, -0.15) is 5.10 Å². The summed E-state index contributed by atoms with van der Waals surface area (Å²) in [5.74, 6) is 0.752. The Morgan fingerprint density at radius 2 is 1.85 bits per heavy atom. The molecule has 0 aliphatic rings. The minimum atomic E-state index is -0.0515. The van der Waals surface area contributed by atoms with E-state index >= 15 is 0 Å². The molecule has 26 heavy (non-hydrogen) atoms. The summed E-state index contributed by atoms with van der Waals surface area (Å²) < 4.78 is 7.53. The highest BCUT2D eigenvalue weighted by Gasteiger charge is 2.04. The number of aromatic nitrogens is 2. The Morgan fingerprint density at radius 3 is 2.50 bits per heavy atom. The van der Waals surface area contributed by atoms with Crippen LogP contribution in [-0.2, 0) is 13.2 Å². The van der Waals surface area contributed by atoms with Crippen molar-refractivity contribution in [3.63, 3.8) is 0 Å². The van der Waals surface area contributed by atoms with Gasteiger partial charge in [-0.15, -0.1) is 0 Å². The molecule has 3 rings (SSSR count). The summed E-state index contributed by atoms with van der Waals surface area (Å²) in [7, 11) is 0. The molecule has 0 spiro atoms. The molecule has 2 aromatic carbocycles. The zero-order valence-corrected chi connectivity index (χ0v) is 15.1. The summed E-state index contributed by atoms with van der Waals surface area (Å²) in [5.41, 5.74) is 3.92. The smallest absolute Gasteiger partial charge is 0.189 e. The molecule has 0 radical (unpaired) electrons. The van der Waals surface area contributed by atoms with Gasteiger partial charge in [0, 0.05) is 12.7 Å². The number of carbonyl (C=O) groups excluding carboxylic acids is 1. The molecule has 0 N–H and O–H groups in total. The quantitative estimate of drug-likeness (QED) is 0.461. The van der Waals surface area contributed by atoms with Gasteiger partial charge in [-0.25, -0.2) is 0 Å². The van der Waals surface area contributed by atoms with Gasteiger partial charge in [0.25, 0.3) is 0 Å². The Balaban J connectivity index is 1.56. The SMILES string of the molecule is CCn1cc(C(=O)C=Cc2ccc(OCc3ccc(C)cc3)cc2)cn1. The van der Waals surface area contributed by atoms with Crippen LogP contribution in [0, 0.1) is 6.92 Å². The molecule has 0 aliphatic heterocycles. The van der Waals surface area contributed by atoms with E-state index in [0.29, 0.717) is 12.2 Å². The van der Waals surface area contributed by atoms with Crippen molar-refractivity contribution in [1.29, 1.82) is 0 Å². The minimum Gasteiger partial charge on any atom is -0.489 e. The van der Waals surface area contributed by atoms with Gasteiger partial charge < -0.3 is 4.74 Å². The summed E-state index contributed by atoms with van der Waals surface area (Å²) in [6.45, 7) is 5.34. The lowest BCUT2D eigenvalue weighted by Gasteiger charge is -2.07. The summed E-state index contributed by atoms with van der Waals surface area (Å²) in [6.07, 6.45) is 6.72. The fourth-order valence-corrected chi connectivity index (χ4v) is 2.46. The highest BCUT2D eigenvalue weighted by atomic mass is 16.5. The molecule has 0 amide bonds. The third kappa shape index (κ3) is 4.70. The van der Waals surface area contributed by atoms with Gasteiger partial charge in [0.1, 0.15) is 12.4 Å². The van der Waals surface area contributed by atoms with Crippen molar-refractivity contribution in [1.82, 2.24) is 9.78 Å². The lowest BCUT2D eigenvalue weighted by Crippen LogP contribution is -1.95. The molecule has 1 aromatic heterocycles. The largest absolute Gasteiger partial charge is 0.489 e. The summed E-state index contributed by atoms with van der Waals surface area (Å²) >= 11 is 0. The first kappa shape index (κ1) is 17.7. The number of benzene rings is 2. The average molecular weight is 346 g/mol. The predicted octanol–water partition coefficient (Wildman–Crippen LogP) is 4.69. The molecule has 3 aromatic rings. The van der Waals surface area contributed by atoms with Gasteiger partial charge in [0.2, 0.25) is 0 Å². The Bertz CT molecular complexity index is 891. The molecule has 0 aliphatic carbocycles. The lowest BCUT2D eigenvalue weighted by atomic mass is 10.1. The predicted molar refractivity (Wildman–Crippen MR) is 103 cm³/mol. The van der Waals surface area contributed by atoms with E-state index in [4.69, 9.17) is 4.74 Å². The number of hydrogen-bond acceptors (Lipinski definition) is 3. The summed E-state index contributed by atoms with van der Waals surface area (Å²) in [4.78, 5) is 12.1. The van der Waals surface area contributed by atoms with Gasteiger partial charge in [-0.1, -0.05) is 48.0 Å². The first-order chi connectivity index (χ1) is 12.6. The minimum absolute atomic E-state index is 0.0515. The van der Waals surface area contributed by atoms with E-state index in [-0.39, 0.29) is 5.78 Å². The van der Waals surface area contributed by atoms with E-state index in [9.17, 15) is 4.79 Å². The van der Waals surface area contributed by atoms with Gasteiger partial charge >= 0.3 is 0 Å². The third-order valence-corrected chi connectivity index (χ3v) is 4.08. The number of rotatable bonds is 7. The molecule has 0 saturated heterocycles. The number of carbonyl (C=O) groups is 1. The standard InChI is InChI=1S/C22H22N2O2/c1-3-24-15-20(14-23-24)22(25)13-10-18-8-11-21(12-9-18)26-16-19-6-4-17(2)5-7-19/h4-15H,3,16H2,1-2H3. The van der Waals surface area contributed by atoms with Gasteiger partial charge in [0.05, 0.1) is 11.8 Å². The second-order valence-corrected chi connectivity index (χ2v) is 6.13. The van der Waals surface area contributed by atoms with Crippen LogP contribution < -0.4 is 4.74 Å². The summed E-state index contributed by atoms with van der Waals surface area (Å²) in [5, 5.41) is 4.12. The molecule has 4 nitrogen and oxygen atoms in total. The van der Waals surface area contributed by atoms with Crippen LogP contribution in [0.15, 0.2) is 67.0 Å². The van der Waals surface area contributed by atoms with Crippen LogP contribution in [0.1, 0.15) is 34.0 Å². The fourth-order valence-electron chi connectivity index (χ4n) is 2.46. The molecular formula is C22H22N2O2. The molecule has 132 valence electrons. The molecule has 0 fully saturated rings. The highest BCUT2D eigenvalue weighted by Crippen LogP contribution is 2.16. The van der Waals surface area contributed by atoms with E-state index < -0.39 is 0 Å². The molecule has 1 heterocycles. The van der Waals surface area contributed by atoms with E-state index in [0.717, 1.165) is 23.4 Å². The van der Waals surface area contributed by atoms with Crippen LogP contribution in [0.3, 0.4) is 0 Å². The van der Waals surface area contributed by atoms with E-state index in [2.05, 4.69) is 36.3 Å². The first-order valence-corrected chi connectivity index (χ1v) is 8.67. The normalized spacial score (nSPS) is 11.0. The van der Waals surface area contributed by atoms with E-state index in [1.807, 2.05) is 31.2 Å². The van der Waals surface area contributed by atoms with E-state index in [1.54, 1.807) is 29.2 Å². The van der Waals surface area contributed by atoms with Crippen molar-refractivity contribution in [2.75, 3.05) is 0 Å². The van der Waals surface area contributed by atoms with Gasteiger partial charge in [0.15, 0.2) is 5.78 Å². The zero-order valence-electron chi connectivity index (χ0n) is 15.1.